The fourth-order valence-electron chi connectivity index (χ4n) is 2.00. The standard InChI is InChI=1S/C16H12Cl2F4N2O/c17-9-1-4-14(11(7-9)16(20,21)22)24-15(25)5-6-23-10-2-3-13(19)12(18)8-10/h1-4,7-8,23H,5-6H2,(H,24,25). The van der Waals surface area contributed by atoms with Crippen molar-refractivity contribution in [3.05, 3.63) is 57.8 Å². The van der Waals surface area contributed by atoms with E-state index in [1.165, 1.54) is 18.2 Å². The van der Waals surface area contributed by atoms with Crippen molar-refractivity contribution in [3.8, 4) is 0 Å². The third kappa shape index (κ3) is 5.51. The molecule has 1 amide bonds. The predicted molar refractivity (Wildman–Crippen MR) is 89.6 cm³/mol. The van der Waals surface area contributed by atoms with E-state index < -0.39 is 23.5 Å². The summed E-state index contributed by atoms with van der Waals surface area (Å²) in [6.45, 7) is 0.128. The van der Waals surface area contributed by atoms with Crippen LogP contribution in [0.3, 0.4) is 0 Å². The summed E-state index contributed by atoms with van der Waals surface area (Å²) in [5.74, 6) is -1.19. The topological polar surface area (TPSA) is 41.1 Å². The second-order valence-corrected chi connectivity index (χ2v) is 5.89. The number of carbonyl (C=O) groups excluding carboxylic acids is 1. The molecule has 0 bridgehead atoms. The maximum Gasteiger partial charge on any atom is 0.418 e. The molecule has 0 aromatic heterocycles. The maximum absolute atomic E-state index is 13.0. The molecule has 9 heteroatoms. The van der Waals surface area contributed by atoms with E-state index in [0.717, 1.165) is 18.2 Å². The molecular weight excluding hydrogens is 383 g/mol. The van der Waals surface area contributed by atoms with Crippen LogP contribution < -0.4 is 10.6 Å². The third-order valence-corrected chi connectivity index (χ3v) is 3.69. The highest BCUT2D eigenvalue weighted by Crippen LogP contribution is 2.36. The molecule has 0 aliphatic heterocycles. The minimum Gasteiger partial charge on any atom is -0.384 e. The van der Waals surface area contributed by atoms with E-state index in [4.69, 9.17) is 23.2 Å². The van der Waals surface area contributed by atoms with E-state index in [0.29, 0.717) is 5.69 Å². The molecule has 25 heavy (non-hydrogen) atoms. The van der Waals surface area contributed by atoms with Crippen molar-refractivity contribution < 1.29 is 22.4 Å². The van der Waals surface area contributed by atoms with E-state index in [1.54, 1.807) is 0 Å². The van der Waals surface area contributed by atoms with Crippen LogP contribution in [0.25, 0.3) is 0 Å². The summed E-state index contributed by atoms with van der Waals surface area (Å²) in [6.07, 6.45) is -4.74. The van der Waals surface area contributed by atoms with Gasteiger partial charge in [0.25, 0.3) is 0 Å². The van der Waals surface area contributed by atoms with E-state index in [-0.39, 0.29) is 28.7 Å². The van der Waals surface area contributed by atoms with Crippen LogP contribution in [-0.4, -0.2) is 12.5 Å². The molecule has 3 nitrogen and oxygen atoms in total. The molecule has 0 heterocycles. The minimum absolute atomic E-state index is 0.0783. The first-order valence-electron chi connectivity index (χ1n) is 7.02. The molecule has 2 aromatic rings. The number of alkyl halides is 3. The fraction of sp³-hybridized carbons (Fsp3) is 0.188. The molecule has 0 radical (unpaired) electrons. The Kier molecular flexibility index (Phi) is 6.13. The lowest BCUT2D eigenvalue weighted by atomic mass is 10.1. The number of hydrogen-bond donors (Lipinski definition) is 2. The number of amides is 1. The number of anilines is 2. The number of hydrogen-bond acceptors (Lipinski definition) is 2. The normalized spacial score (nSPS) is 11.3. The predicted octanol–water partition coefficient (Wildman–Crippen LogP) is 5.59. The van der Waals surface area contributed by atoms with E-state index >= 15 is 0 Å². The summed E-state index contributed by atoms with van der Waals surface area (Å²) in [4.78, 5) is 11.9. The summed E-state index contributed by atoms with van der Waals surface area (Å²) >= 11 is 11.2. The molecule has 0 saturated carbocycles. The third-order valence-electron chi connectivity index (χ3n) is 3.16. The van der Waals surface area contributed by atoms with E-state index in [2.05, 4.69) is 10.6 Å². The average Bonchev–Trinajstić information content (AvgIpc) is 2.51. The first-order chi connectivity index (χ1) is 11.7. The van der Waals surface area contributed by atoms with Gasteiger partial charge in [0.2, 0.25) is 5.91 Å². The molecule has 0 atom stereocenters. The Morgan fingerprint density at radius 2 is 1.80 bits per heavy atom. The van der Waals surface area contributed by atoms with Crippen LogP contribution >= 0.6 is 23.2 Å². The van der Waals surface area contributed by atoms with Crippen LogP contribution in [0.1, 0.15) is 12.0 Å². The van der Waals surface area contributed by atoms with Gasteiger partial charge in [-0.05, 0) is 36.4 Å². The SMILES string of the molecule is O=C(CCNc1ccc(F)c(Cl)c1)Nc1ccc(Cl)cc1C(F)(F)F. The molecule has 2 rings (SSSR count). The van der Waals surface area contributed by atoms with Gasteiger partial charge in [-0.25, -0.2) is 4.39 Å². The number of carbonyl (C=O) groups is 1. The highest BCUT2D eigenvalue weighted by molar-refractivity contribution is 6.31. The lowest BCUT2D eigenvalue weighted by Crippen LogP contribution is -2.19. The van der Waals surface area contributed by atoms with Gasteiger partial charge in [-0.3, -0.25) is 4.79 Å². The van der Waals surface area contributed by atoms with Gasteiger partial charge in [-0.15, -0.1) is 0 Å². The second-order valence-electron chi connectivity index (χ2n) is 5.04. The van der Waals surface area contributed by atoms with Crippen molar-refractivity contribution in [3.63, 3.8) is 0 Å². The van der Waals surface area contributed by atoms with Crippen LogP contribution in [0.2, 0.25) is 10.0 Å². The van der Waals surface area contributed by atoms with E-state index in [9.17, 15) is 22.4 Å². The van der Waals surface area contributed by atoms with Gasteiger partial charge in [-0.2, -0.15) is 13.2 Å². The lowest BCUT2D eigenvalue weighted by Gasteiger charge is -2.14. The molecule has 2 N–H and O–H groups in total. The molecule has 0 aliphatic rings. The molecular formula is C16H12Cl2F4N2O. The molecule has 0 spiro atoms. The second kappa shape index (κ2) is 7.93. The summed E-state index contributed by atoms with van der Waals surface area (Å²) in [7, 11) is 0. The van der Waals surface area contributed by atoms with Gasteiger partial charge in [0.05, 0.1) is 16.3 Å². The Balaban J connectivity index is 1.95. The Morgan fingerprint density at radius 1 is 1.08 bits per heavy atom. The van der Waals surface area contributed by atoms with Crippen LogP contribution in [-0.2, 0) is 11.0 Å². The lowest BCUT2D eigenvalue weighted by molar-refractivity contribution is -0.137. The van der Waals surface area contributed by atoms with Crippen molar-refractivity contribution in [1.29, 1.82) is 0 Å². The Morgan fingerprint density at radius 3 is 2.44 bits per heavy atom. The first kappa shape index (κ1) is 19.3. The quantitative estimate of drug-likeness (QED) is 0.648. The number of halogens is 6. The van der Waals surface area contributed by atoms with Crippen LogP contribution in [0.15, 0.2) is 36.4 Å². The molecule has 0 unspecified atom stereocenters. The first-order valence-corrected chi connectivity index (χ1v) is 7.78. The smallest absolute Gasteiger partial charge is 0.384 e. The summed E-state index contributed by atoms with van der Waals surface area (Å²) < 4.78 is 51.9. The Bertz CT molecular complexity index is 781. The van der Waals surface area contributed by atoms with Gasteiger partial charge < -0.3 is 10.6 Å². The zero-order chi connectivity index (χ0) is 18.6. The largest absolute Gasteiger partial charge is 0.418 e. The van der Waals surface area contributed by atoms with Crippen LogP contribution in [0.4, 0.5) is 28.9 Å². The summed E-state index contributed by atoms with van der Waals surface area (Å²) in [6, 6.07) is 7.03. The Hall–Kier alpha value is -1.99. The van der Waals surface area contributed by atoms with Gasteiger partial charge in [-0.1, -0.05) is 23.2 Å². The number of benzene rings is 2. The Labute approximate surface area is 150 Å². The zero-order valence-corrected chi connectivity index (χ0v) is 14.1. The van der Waals surface area contributed by atoms with Gasteiger partial charge in [0, 0.05) is 23.7 Å². The van der Waals surface area contributed by atoms with Gasteiger partial charge >= 0.3 is 6.18 Å². The van der Waals surface area contributed by atoms with Crippen molar-refractivity contribution in [2.45, 2.75) is 12.6 Å². The van der Waals surface area contributed by atoms with Gasteiger partial charge in [0.1, 0.15) is 5.82 Å². The summed E-state index contributed by atoms with van der Waals surface area (Å²) in [5, 5.41) is 4.87. The van der Waals surface area contributed by atoms with Crippen LogP contribution in [0.5, 0.6) is 0 Å². The monoisotopic (exact) mass is 394 g/mol. The fourth-order valence-corrected chi connectivity index (χ4v) is 2.35. The highest BCUT2D eigenvalue weighted by atomic mass is 35.5. The maximum atomic E-state index is 13.0. The average molecular weight is 395 g/mol. The molecule has 0 fully saturated rings. The van der Waals surface area contributed by atoms with Gasteiger partial charge in [0.15, 0.2) is 0 Å². The zero-order valence-electron chi connectivity index (χ0n) is 12.6. The highest BCUT2D eigenvalue weighted by Gasteiger charge is 2.34. The van der Waals surface area contributed by atoms with E-state index in [1.807, 2.05) is 0 Å². The minimum atomic E-state index is -4.64. The van der Waals surface area contributed by atoms with Crippen molar-refractivity contribution in [2.75, 3.05) is 17.2 Å². The number of rotatable bonds is 5. The molecule has 2 aromatic carbocycles. The number of nitrogens with one attached hydrogen (secondary N) is 2. The molecule has 134 valence electrons. The summed E-state index contributed by atoms with van der Waals surface area (Å²) in [5.41, 5.74) is -0.903. The van der Waals surface area contributed by atoms with Crippen molar-refractivity contribution >= 4 is 40.5 Å². The molecule has 0 aliphatic carbocycles. The van der Waals surface area contributed by atoms with Crippen molar-refractivity contribution in [2.24, 2.45) is 0 Å². The molecule has 0 saturated heterocycles. The van der Waals surface area contributed by atoms with Crippen molar-refractivity contribution in [1.82, 2.24) is 0 Å². The van der Waals surface area contributed by atoms with Crippen LogP contribution in [0, 0.1) is 5.82 Å².